The summed E-state index contributed by atoms with van der Waals surface area (Å²) in [6.07, 6.45) is 0.773. The molecule has 0 aliphatic carbocycles. The van der Waals surface area contributed by atoms with Gasteiger partial charge in [0.1, 0.15) is 35.3 Å². The minimum Gasteiger partial charge on any atom is -0.340 e. The van der Waals surface area contributed by atoms with E-state index in [9.17, 15) is 13.6 Å². The van der Waals surface area contributed by atoms with Crippen molar-refractivity contribution in [3.8, 4) is 11.3 Å². The number of carbonyl (C=O) groups is 1. The molecule has 0 saturated heterocycles. The maximum Gasteiger partial charge on any atom is 0.143 e. The fourth-order valence-electron chi connectivity index (χ4n) is 3.85. The molecule has 2 atom stereocenters. The Hall–Kier alpha value is -2.81. The molecular formula is C23H24ClF2N5O. The highest BCUT2D eigenvalue weighted by Crippen LogP contribution is 2.34. The van der Waals surface area contributed by atoms with Gasteiger partial charge in [0, 0.05) is 30.9 Å². The van der Waals surface area contributed by atoms with Crippen molar-refractivity contribution in [2.75, 3.05) is 18.4 Å². The van der Waals surface area contributed by atoms with Crippen LogP contribution in [0, 0.1) is 17.6 Å². The van der Waals surface area contributed by atoms with Gasteiger partial charge in [0.05, 0.1) is 17.6 Å². The van der Waals surface area contributed by atoms with E-state index >= 15 is 0 Å². The van der Waals surface area contributed by atoms with Crippen LogP contribution < -0.4 is 11.1 Å². The first-order chi connectivity index (χ1) is 15.4. The van der Waals surface area contributed by atoms with Gasteiger partial charge in [0.15, 0.2) is 0 Å². The van der Waals surface area contributed by atoms with Crippen LogP contribution in [0.2, 0.25) is 5.02 Å². The van der Waals surface area contributed by atoms with E-state index in [1.807, 2.05) is 11.5 Å². The lowest BCUT2D eigenvalue weighted by molar-refractivity contribution is -0.109. The Morgan fingerprint density at radius 1 is 1.22 bits per heavy atom. The van der Waals surface area contributed by atoms with E-state index in [1.54, 1.807) is 18.2 Å². The normalized spacial score (nSPS) is 15.8. The third-order valence-corrected chi connectivity index (χ3v) is 6.02. The Labute approximate surface area is 190 Å². The summed E-state index contributed by atoms with van der Waals surface area (Å²) in [5.74, 6) is 0.675. The van der Waals surface area contributed by atoms with E-state index in [2.05, 4.69) is 10.2 Å². The second kappa shape index (κ2) is 9.36. The first kappa shape index (κ1) is 22.4. The predicted molar refractivity (Wildman–Crippen MR) is 121 cm³/mol. The van der Waals surface area contributed by atoms with E-state index < -0.39 is 11.9 Å². The van der Waals surface area contributed by atoms with E-state index in [0.717, 1.165) is 24.2 Å². The summed E-state index contributed by atoms with van der Waals surface area (Å²) in [5, 5.41) is 3.31. The van der Waals surface area contributed by atoms with Gasteiger partial charge in [-0.05, 0) is 48.4 Å². The van der Waals surface area contributed by atoms with Crippen molar-refractivity contribution in [1.29, 1.82) is 0 Å². The van der Waals surface area contributed by atoms with Gasteiger partial charge in [-0.15, -0.1) is 0 Å². The molecule has 3 aromatic rings. The molecule has 0 spiro atoms. The molecule has 1 aliphatic heterocycles. The molecule has 0 radical (unpaired) electrons. The van der Waals surface area contributed by atoms with Crippen LogP contribution in [0.3, 0.4) is 0 Å². The number of benzene rings is 2. The number of imidazole rings is 1. The summed E-state index contributed by atoms with van der Waals surface area (Å²) < 4.78 is 29.5. The lowest BCUT2D eigenvalue weighted by Crippen LogP contribution is -2.42. The van der Waals surface area contributed by atoms with Crippen LogP contribution in [-0.4, -0.2) is 39.9 Å². The molecule has 1 aromatic heterocycles. The first-order valence-electron chi connectivity index (χ1n) is 10.4. The van der Waals surface area contributed by atoms with Crippen molar-refractivity contribution in [3.05, 3.63) is 64.9 Å². The number of fused-ring (bicyclic) bond motifs is 1. The van der Waals surface area contributed by atoms with Gasteiger partial charge < -0.3 is 20.4 Å². The van der Waals surface area contributed by atoms with Crippen molar-refractivity contribution < 1.29 is 13.6 Å². The number of aldehydes is 1. The highest BCUT2D eigenvalue weighted by Gasteiger charge is 2.26. The maximum absolute atomic E-state index is 14.0. The van der Waals surface area contributed by atoms with Gasteiger partial charge >= 0.3 is 0 Å². The van der Waals surface area contributed by atoms with Gasteiger partial charge in [0.25, 0.3) is 0 Å². The summed E-state index contributed by atoms with van der Waals surface area (Å²) in [6.45, 7) is 4.58. The summed E-state index contributed by atoms with van der Waals surface area (Å²) in [6, 6.07) is 10.1. The SMILES string of the molecule is CC(CN1CCn2c(nc(-c3ccc(F)cc3)c2Nc2ccc(Cl)c(F)c2)C1)[C@@H](N)C=O. The highest BCUT2D eigenvalue weighted by atomic mass is 35.5. The largest absolute Gasteiger partial charge is 0.340 e. The van der Waals surface area contributed by atoms with Crippen LogP contribution in [0.4, 0.5) is 20.3 Å². The average molecular weight is 460 g/mol. The van der Waals surface area contributed by atoms with E-state index in [-0.39, 0.29) is 16.8 Å². The fraction of sp³-hybridized carbons (Fsp3) is 0.304. The number of anilines is 2. The summed E-state index contributed by atoms with van der Waals surface area (Å²) in [4.78, 5) is 18.0. The number of rotatable bonds is 7. The zero-order chi connectivity index (χ0) is 22.8. The molecule has 2 aromatic carbocycles. The second-order valence-electron chi connectivity index (χ2n) is 8.06. The molecule has 4 rings (SSSR count). The molecule has 1 aliphatic rings. The van der Waals surface area contributed by atoms with Crippen molar-refractivity contribution in [3.63, 3.8) is 0 Å². The van der Waals surface area contributed by atoms with Gasteiger partial charge in [-0.25, -0.2) is 13.8 Å². The van der Waals surface area contributed by atoms with Gasteiger partial charge in [0.2, 0.25) is 0 Å². The molecule has 168 valence electrons. The first-order valence-corrected chi connectivity index (χ1v) is 10.7. The van der Waals surface area contributed by atoms with Crippen molar-refractivity contribution in [2.24, 2.45) is 11.7 Å². The molecule has 0 saturated carbocycles. The van der Waals surface area contributed by atoms with E-state index in [1.165, 1.54) is 24.3 Å². The summed E-state index contributed by atoms with van der Waals surface area (Å²) in [5.41, 5.74) is 7.78. The Kier molecular flexibility index (Phi) is 6.55. The zero-order valence-corrected chi connectivity index (χ0v) is 18.3. The standard InChI is InChI=1S/C23H24ClF2N5O/c1-14(20(27)13-32)11-30-8-9-31-21(12-30)29-22(15-2-4-16(25)5-3-15)23(31)28-17-6-7-18(24)19(26)10-17/h2-7,10,13-14,20,28H,8-9,11-12,27H2,1H3/t14?,20-/m0/s1. The highest BCUT2D eigenvalue weighted by molar-refractivity contribution is 6.30. The second-order valence-corrected chi connectivity index (χ2v) is 8.47. The number of aromatic nitrogens is 2. The molecule has 2 heterocycles. The van der Waals surface area contributed by atoms with Crippen LogP contribution in [0.15, 0.2) is 42.5 Å². The molecule has 1 unspecified atom stereocenters. The lowest BCUT2D eigenvalue weighted by atomic mass is 10.0. The summed E-state index contributed by atoms with van der Waals surface area (Å²) in [7, 11) is 0. The Morgan fingerprint density at radius 2 is 1.97 bits per heavy atom. The summed E-state index contributed by atoms with van der Waals surface area (Å²) >= 11 is 5.82. The molecule has 3 N–H and O–H groups in total. The van der Waals surface area contributed by atoms with Crippen LogP contribution in [0.1, 0.15) is 12.7 Å². The number of hydrogen-bond acceptors (Lipinski definition) is 5. The number of nitrogens with two attached hydrogens (primary N) is 1. The minimum atomic E-state index is -0.523. The van der Waals surface area contributed by atoms with Crippen LogP contribution in [0.25, 0.3) is 11.3 Å². The monoisotopic (exact) mass is 459 g/mol. The maximum atomic E-state index is 14.0. The smallest absolute Gasteiger partial charge is 0.143 e. The lowest BCUT2D eigenvalue weighted by Gasteiger charge is -2.31. The van der Waals surface area contributed by atoms with Crippen molar-refractivity contribution in [1.82, 2.24) is 14.5 Å². The Bertz CT molecular complexity index is 1120. The van der Waals surface area contributed by atoms with Gasteiger partial charge in [-0.2, -0.15) is 0 Å². The number of nitrogens with zero attached hydrogens (tertiary/aromatic N) is 3. The number of hydrogen-bond donors (Lipinski definition) is 2. The average Bonchev–Trinajstić information content (AvgIpc) is 3.13. The topological polar surface area (TPSA) is 76.2 Å². The number of halogens is 3. The molecule has 6 nitrogen and oxygen atoms in total. The third kappa shape index (κ3) is 4.67. The zero-order valence-electron chi connectivity index (χ0n) is 17.6. The Morgan fingerprint density at radius 3 is 2.66 bits per heavy atom. The molecule has 0 fully saturated rings. The van der Waals surface area contributed by atoms with E-state index in [0.29, 0.717) is 36.8 Å². The molecular weight excluding hydrogens is 436 g/mol. The quantitative estimate of drug-likeness (QED) is 0.518. The van der Waals surface area contributed by atoms with Gasteiger partial charge in [-0.3, -0.25) is 4.90 Å². The van der Waals surface area contributed by atoms with Crippen molar-refractivity contribution >= 4 is 29.4 Å². The van der Waals surface area contributed by atoms with Gasteiger partial charge in [-0.1, -0.05) is 18.5 Å². The number of nitrogens with one attached hydrogen (secondary N) is 1. The van der Waals surface area contributed by atoms with Crippen LogP contribution in [-0.2, 0) is 17.9 Å². The van der Waals surface area contributed by atoms with Crippen molar-refractivity contribution in [2.45, 2.75) is 26.1 Å². The minimum absolute atomic E-state index is 0.0141. The van der Waals surface area contributed by atoms with Crippen LogP contribution >= 0.6 is 11.6 Å². The molecule has 9 heteroatoms. The third-order valence-electron chi connectivity index (χ3n) is 5.71. The van der Waals surface area contributed by atoms with E-state index in [4.69, 9.17) is 22.3 Å². The molecule has 0 amide bonds. The Balaban J connectivity index is 1.68. The number of carbonyl (C=O) groups excluding carboxylic acids is 1. The fourth-order valence-corrected chi connectivity index (χ4v) is 3.96. The predicted octanol–water partition coefficient (Wildman–Crippen LogP) is 4.20. The molecule has 0 bridgehead atoms. The molecule has 32 heavy (non-hydrogen) atoms. The van der Waals surface area contributed by atoms with Crippen LogP contribution in [0.5, 0.6) is 0 Å².